The molecule has 2 N–H and O–H groups in total. The summed E-state index contributed by atoms with van der Waals surface area (Å²) in [5.41, 5.74) is 1.02. The second-order valence-electron chi connectivity index (χ2n) is 3.71. The molecule has 0 aliphatic rings. The van der Waals surface area contributed by atoms with Gasteiger partial charge in [0.2, 0.25) is 0 Å². The molecule has 2 heterocycles. The fourth-order valence-corrected chi connectivity index (χ4v) is 1.90. The lowest BCUT2D eigenvalue weighted by Gasteiger charge is -2.03. The predicted octanol–water partition coefficient (Wildman–Crippen LogP) is 1.89. The average molecular weight is 228 g/mol. The van der Waals surface area contributed by atoms with E-state index in [4.69, 9.17) is 5.11 Å². The summed E-state index contributed by atoms with van der Waals surface area (Å²) >= 11 is 0. The van der Waals surface area contributed by atoms with Gasteiger partial charge in [0.15, 0.2) is 5.69 Å². The highest BCUT2D eigenvalue weighted by Gasteiger charge is 2.11. The van der Waals surface area contributed by atoms with Crippen LogP contribution in [-0.4, -0.2) is 25.6 Å². The number of hydrogen-bond acceptors (Lipinski definition) is 3. The number of hydrogen-bond donors (Lipinski definition) is 2. The second-order valence-corrected chi connectivity index (χ2v) is 3.71. The summed E-state index contributed by atoms with van der Waals surface area (Å²) in [5.74, 6) is -0.986. The van der Waals surface area contributed by atoms with Crippen molar-refractivity contribution in [1.29, 1.82) is 0 Å². The van der Waals surface area contributed by atoms with Crippen LogP contribution in [0.5, 0.6) is 5.75 Å². The van der Waals surface area contributed by atoms with Gasteiger partial charge >= 0.3 is 5.97 Å². The molecule has 0 radical (unpaired) electrons. The number of phenolic OH excluding ortho intramolecular Hbond substituents is 1. The minimum absolute atomic E-state index is 0.0410. The van der Waals surface area contributed by atoms with Gasteiger partial charge in [-0.3, -0.25) is 4.40 Å². The number of aromatic nitrogens is 2. The van der Waals surface area contributed by atoms with Crippen LogP contribution in [-0.2, 0) is 0 Å². The molecule has 0 atom stereocenters. The Morgan fingerprint density at radius 2 is 2.06 bits per heavy atom. The predicted molar refractivity (Wildman–Crippen MR) is 61.3 cm³/mol. The van der Waals surface area contributed by atoms with Crippen LogP contribution in [0.4, 0.5) is 0 Å². The van der Waals surface area contributed by atoms with Gasteiger partial charge in [0.05, 0.1) is 5.52 Å². The number of imidazole rings is 1. The number of carboxylic acid groups (broad SMARTS) is 1. The first-order chi connectivity index (χ1) is 8.16. The molecule has 3 aromatic rings. The molecule has 2 aromatic heterocycles. The molecule has 5 heteroatoms. The minimum Gasteiger partial charge on any atom is -0.506 e. The van der Waals surface area contributed by atoms with Crippen LogP contribution in [0.25, 0.3) is 16.6 Å². The number of aromatic carboxylic acids is 1. The van der Waals surface area contributed by atoms with E-state index < -0.39 is 5.97 Å². The number of nitrogens with zero attached hydrogens (tertiary/aromatic N) is 2. The number of carbonyl (C=O) groups is 1. The summed E-state index contributed by atoms with van der Waals surface area (Å²) in [6, 6.07) is 8.65. The number of aromatic hydroxyl groups is 1. The van der Waals surface area contributed by atoms with E-state index in [1.54, 1.807) is 28.7 Å². The zero-order chi connectivity index (χ0) is 12.0. The van der Waals surface area contributed by atoms with E-state index in [-0.39, 0.29) is 11.4 Å². The van der Waals surface area contributed by atoms with Gasteiger partial charge in [-0.25, -0.2) is 9.78 Å². The molecule has 17 heavy (non-hydrogen) atoms. The van der Waals surface area contributed by atoms with Crippen LogP contribution >= 0.6 is 0 Å². The van der Waals surface area contributed by atoms with Crippen molar-refractivity contribution in [3.8, 4) is 5.75 Å². The number of fused-ring (bicyclic) bond motifs is 3. The number of carboxylic acids is 1. The van der Waals surface area contributed by atoms with E-state index in [0.717, 1.165) is 5.39 Å². The highest BCUT2D eigenvalue weighted by atomic mass is 16.4. The monoisotopic (exact) mass is 228 g/mol. The summed E-state index contributed by atoms with van der Waals surface area (Å²) < 4.78 is 1.58. The van der Waals surface area contributed by atoms with Gasteiger partial charge in [0, 0.05) is 11.6 Å². The molecular formula is C12H8N2O3. The van der Waals surface area contributed by atoms with Crippen molar-refractivity contribution >= 4 is 22.5 Å². The van der Waals surface area contributed by atoms with Gasteiger partial charge in [0.1, 0.15) is 11.4 Å². The standard InChI is InChI=1S/C12H8N2O3/c15-9-3-1-2-7-4-5-10-13-8(12(16)17)6-14(10)11(7)9/h1-6,15H,(H,16,17). The van der Waals surface area contributed by atoms with E-state index in [2.05, 4.69) is 4.98 Å². The van der Waals surface area contributed by atoms with Gasteiger partial charge < -0.3 is 10.2 Å². The molecule has 0 fully saturated rings. The van der Waals surface area contributed by atoms with Crippen molar-refractivity contribution in [2.45, 2.75) is 0 Å². The third-order valence-corrected chi connectivity index (χ3v) is 2.65. The van der Waals surface area contributed by atoms with Gasteiger partial charge in [-0.15, -0.1) is 0 Å². The van der Waals surface area contributed by atoms with Crippen molar-refractivity contribution in [2.24, 2.45) is 0 Å². The van der Waals surface area contributed by atoms with E-state index in [0.29, 0.717) is 11.2 Å². The lowest BCUT2D eigenvalue weighted by Crippen LogP contribution is -1.94. The van der Waals surface area contributed by atoms with Crippen LogP contribution in [0.2, 0.25) is 0 Å². The van der Waals surface area contributed by atoms with Crippen molar-refractivity contribution in [2.75, 3.05) is 0 Å². The topological polar surface area (TPSA) is 74.8 Å². The van der Waals surface area contributed by atoms with Gasteiger partial charge in [0.25, 0.3) is 0 Å². The van der Waals surface area contributed by atoms with Gasteiger partial charge in [-0.05, 0) is 18.2 Å². The van der Waals surface area contributed by atoms with Crippen LogP contribution < -0.4 is 0 Å². The molecule has 0 aliphatic carbocycles. The molecule has 0 spiro atoms. The molecule has 84 valence electrons. The van der Waals surface area contributed by atoms with Gasteiger partial charge in [-0.1, -0.05) is 12.1 Å². The third-order valence-electron chi connectivity index (χ3n) is 2.65. The Kier molecular flexibility index (Phi) is 1.82. The van der Waals surface area contributed by atoms with Crippen LogP contribution in [0.1, 0.15) is 10.5 Å². The number of pyridine rings is 1. The SMILES string of the molecule is O=C(O)c1cn2c(ccc3cccc(O)c32)n1. The van der Waals surface area contributed by atoms with Crippen LogP contribution in [0.3, 0.4) is 0 Å². The summed E-state index contributed by atoms with van der Waals surface area (Å²) in [7, 11) is 0. The van der Waals surface area contributed by atoms with Crippen molar-refractivity contribution in [3.63, 3.8) is 0 Å². The second kappa shape index (κ2) is 3.21. The first kappa shape index (κ1) is 9.65. The summed E-state index contributed by atoms with van der Waals surface area (Å²) in [5, 5.41) is 19.5. The van der Waals surface area contributed by atoms with E-state index >= 15 is 0 Å². The Balaban J connectivity index is 2.50. The number of rotatable bonds is 1. The maximum absolute atomic E-state index is 10.9. The number of benzene rings is 1. The maximum Gasteiger partial charge on any atom is 0.356 e. The average Bonchev–Trinajstić information content (AvgIpc) is 2.73. The first-order valence-corrected chi connectivity index (χ1v) is 5.00. The largest absolute Gasteiger partial charge is 0.506 e. The molecule has 0 aliphatic heterocycles. The normalized spacial score (nSPS) is 11.1. The van der Waals surface area contributed by atoms with Crippen LogP contribution in [0, 0.1) is 0 Å². The smallest absolute Gasteiger partial charge is 0.356 e. The van der Waals surface area contributed by atoms with Crippen molar-refractivity contribution in [3.05, 3.63) is 42.2 Å². The Labute approximate surface area is 95.6 Å². The molecule has 5 nitrogen and oxygen atoms in total. The Hall–Kier alpha value is -2.56. The lowest BCUT2D eigenvalue weighted by molar-refractivity contribution is 0.0691. The van der Waals surface area contributed by atoms with E-state index in [1.165, 1.54) is 6.20 Å². The lowest BCUT2D eigenvalue weighted by atomic mass is 10.2. The van der Waals surface area contributed by atoms with Crippen LogP contribution in [0.15, 0.2) is 36.5 Å². The molecule has 0 amide bonds. The fraction of sp³-hybridized carbons (Fsp3) is 0. The molecule has 0 saturated carbocycles. The highest BCUT2D eigenvalue weighted by Crippen LogP contribution is 2.25. The molecule has 1 aromatic carbocycles. The molecule has 0 unspecified atom stereocenters. The van der Waals surface area contributed by atoms with Crippen molar-refractivity contribution < 1.29 is 15.0 Å². The summed E-state index contributed by atoms with van der Waals surface area (Å²) in [6.45, 7) is 0. The number of phenols is 1. The molecule has 0 saturated heterocycles. The molecule has 3 rings (SSSR count). The zero-order valence-electron chi connectivity index (χ0n) is 8.66. The minimum atomic E-state index is -1.09. The van der Waals surface area contributed by atoms with Gasteiger partial charge in [-0.2, -0.15) is 0 Å². The third kappa shape index (κ3) is 1.32. The maximum atomic E-state index is 10.9. The highest BCUT2D eigenvalue weighted by molar-refractivity contribution is 5.90. The molecule has 0 bridgehead atoms. The Morgan fingerprint density at radius 1 is 1.24 bits per heavy atom. The van der Waals surface area contributed by atoms with Crippen molar-refractivity contribution in [1.82, 2.24) is 9.38 Å². The Morgan fingerprint density at radius 3 is 2.82 bits per heavy atom. The first-order valence-electron chi connectivity index (χ1n) is 5.00. The zero-order valence-corrected chi connectivity index (χ0v) is 8.66. The molecular weight excluding hydrogens is 220 g/mol. The Bertz CT molecular complexity index is 746. The van der Waals surface area contributed by atoms with E-state index in [1.807, 2.05) is 6.07 Å². The quantitative estimate of drug-likeness (QED) is 0.667. The summed E-state index contributed by atoms with van der Waals surface area (Å²) in [6.07, 6.45) is 1.40. The number of para-hydroxylation sites is 1. The van der Waals surface area contributed by atoms with E-state index in [9.17, 15) is 9.90 Å². The summed E-state index contributed by atoms with van der Waals surface area (Å²) in [4.78, 5) is 14.8. The fourth-order valence-electron chi connectivity index (χ4n) is 1.90.